The van der Waals surface area contributed by atoms with Crippen molar-refractivity contribution in [3.8, 4) is 0 Å². The third kappa shape index (κ3) is 25.3. The molecule has 17 heavy (non-hydrogen) atoms. The van der Waals surface area contributed by atoms with Gasteiger partial charge in [0.25, 0.3) is 12.4 Å². The van der Waals surface area contributed by atoms with E-state index in [9.17, 15) is 5.11 Å². The summed E-state index contributed by atoms with van der Waals surface area (Å²) < 4.78 is 0. The second-order valence-corrected chi connectivity index (χ2v) is 3.33. The maximum absolute atomic E-state index is 9.35. The van der Waals surface area contributed by atoms with Gasteiger partial charge in [-0.3, -0.25) is 9.59 Å². The summed E-state index contributed by atoms with van der Waals surface area (Å²) in [7, 11) is 0. The molecule has 0 aliphatic heterocycles. The summed E-state index contributed by atoms with van der Waals surface area (Å²) in [5.74, 6) is -0.750. The van der Waals surface area contributed by atoms with Gasteiger partial charge >= 0.3 is 0 Å². The fraction of sp³-hybridized carbons (Fsp3) is 0.818. The van der Waals surface area contributed by atoms with E-state index in [2.05, 4.69) is 0 Å². The van der Waals surface area contributed by atoms with E-state index in [0.717, 1.165) is 26.2 Å². The molecule has 0 saturated heterocycles. The summed E-state index contributed by atoms with van der Waals surface area (Å²) in [6, 6.07) is 0. The van der Waals surface area contributed by atoms with E-state index in [0.29, 0.717) is 0 Å². The molecule has 0 aromatic rings. The second-order valence-electron chi connectivity index (χ2n) is 3.33. The SMILES string of the molecule is CC(=O)O.CCCC(O)C(CC)CO.O=CO. The van der Waals surface area contributed by atoms with E-state index in [1.807, 2.05) is 13.8 Å². The van der Waals surface area contributed by atoms with Crippen molar-refractivity contribution in [1.29, 1.82) is 0 Å². The first-order valence-electron chi connectivity index (χ1n) is 5.47. The van der Waals surface area contributed by atoms with Crippen molar-refractivity contribution in [3.63, 3.8) is 0 Å². The topological polar surface area (TPSA) is 115 Å². The Morgan fingerprint density at radius 2 is 1.71 bits per heavy atom. The first-order chi connectivity index (χ1) is 7.90. The van der Waals surface area contributed by atoms with Crippen LogP contribution in [0.2, 0.25) is 0 Å². The summed E-state index contributed by atoms with van der Waals surface area (Å²) in [6.07, 6.45) is 2.34. The maximum atomic E-state index is 9.35. The number of aliphatic hydroxyl groups excluding tert-OH is 2. The lowest BCUT2D eigenvalue weighted by molar-refractivity contribution is -0.134. The molecule has 0 aromatic carbocycles. The molecule has 0 radical (unpaired) electrons. The minimum absolute atomic E-state index is 0.0833. The predicted molar refractivity (Wildman–Crippen MR) is 63.8 cm³/mol. The number of aliphatic hydroxyl groups is 2. The van der Waals surface area contributed by atoms with Gasteiger partial charge in [-0.25, -0.2) is 0 Å². The van der Waals surface area contributed by atoms with Gasteiger partial charge in [-0.15, -0.1) is 0 Å². The average molecular weight is 252 g/mol. The molecule has 0 aromatic heterocycles. The summed E-state index contributed by atoms with van der Waals surface area (Å²) >= 11 is 0. The Morgan fingerprint density at radius 1 is 1.35 bits per heavy atom. The molecular formula is C11H24O6. The van der Waals surface area contributed by atoms with Crippen molar-refractivity contribution in [2.24, 2.45) is 5.92 Å². The Morgan fingerprint density at radius 3 is 1.88 bits per heavy atom. The van der Waals surface area contributed by atoms with Gasteiger partial charge in [0.2, 0.25) is 0 Å². The Bertz CT molecular complexity index is 163. The molecule has 2 unspecified atom stereocenters. The molecule has 104 valence electrons. The van der Waals surface area contributed by atoms with Gasteiger partial charge in [-0.1, -0.05) is 20.3 Å². The Labute approximate surface area is 102 Å². The maximum Gasteiger partial charge on any atom is 0.300 e. The lowest BCUT2D eigenvalue weighted by Crippen LogP contribution is -2.22. The van der Waals surface area contributed by atoms with Gasteiger partial charge in [-0.05, 0) is 12.8 Å². The van der Waals surface area contributed by atoms with Crippen LogP contribution in [0.5, 0.6) is 0 Å². The zero-order chi connectivity index (χ0) is 14.3. The Balaban J connectivity index is -0.000000232. The standard InChI is InChI=1S/C8H18O2.C2H4O2.CH2O2/c1-3-5-8(10)7(4-2)6-9;1-2(3)4;2-1-3/h7-10H,3-6H2,1-2H3;1H3,(H,3,4);1H,(H,2,3). The van der Waals surface area contributed by atoms with Crippen molar-refractivity contribution in [1.82, 2.24) is 0 Å². The van der Waals surface area contributed by atoms with E-state index in [4.69, 9.17) is 24.9 Å². The van der Waals surface area contributed by atoms with Crippen LogP contribution in [0.25, 0.3) is 0 Å². The highest BCUT2D eigenvalue weighted by Gasteiger charge is 2.14. The van der Waals surface area contributed by atoms with Gasteiger partial charge in [-0.2, -0.15) is 0 Å². The molecule has 0 bridgehead atoms. The van der Waals surface area contributed by atoms with E-state index >= 15 is 0 Å². The lowest BCUT2D eigenvalue weighted by atomic mass is 9.97. The van der Waals surface area contributed by atoms with Crippen LogP contribution in [0.4, 0.5) is 0 Å². The summed E-state index contributed by atoms with van der Waals surface area (Å²) in [5.41, 5.74) is 0. The van der Waals surface area contributed by atoms with Crippen LogP contribution in [0.1, 0.15) is 40.0 Å². The number of hydrogen-bond acceptors (Lipinski definition) is 4. The normalized spacial score (nSPS) is 12.1. The number of hydrogen-bond donors (Lipinski definition) is 4. The van der Waals surface area contributed by atoms with Crippen molar-refractivity contribution in [2.75, 3.05) is 6.61 Å². The number of rotatable bonds is 5. The Kier molecular flexibility index (Phi) is 21.5. The molecule has 4 N–H and O–H groups in total. The molecule has 6 heteroatoms. The number of aliphatic carboxylic acids is 1. The average Bonchev–Trinajstić information content (AvgIpc) is 2.20. The van der Waals surface area contributed by atoms with Crippen LogP contribution in [-0.4, -0.2) is 45.6 Å². The highest BCUT2D eigenvalue weighted by molar-refractivity contribution is 5.62. The minimum Gasteiger partial charge on any atom is -0.483 e. The first kappa shape index (κ1) is 21.2. The molecule has 2 atom stereocenters. The van der Waals surface area contributed by atoms with Gasteiger partial charge in [0.1, 0.15) is 0 Å². The van der Waals surface area contributed by atoms with Crippen LogP contribution >= 0.6 is 0 Å². The van der Waals surface area contributed by atoms with Gasteiger partial charge in [0, 0.05) is 19.4 Å². The fourth-order valence-electron chi connectivity index (χ4n) is 1.05. The van der Waals surface area contributed by atoms with E-state index in [1.165, 1.54) is 0 Å². The van der Waals surface area contributed by atoms with Crippen LogP contribution in [-0.2, 0) is 9.59 Å². The Hall–Kier alpha value is -1.14. The van der Waals surface area contributed by atoms with Gasteiger partial charge in [0.15, 0.2) is 0 Å². The van der Waals surface area contributed by atoms with Crippen molar-refractivity contribution in [3.05, 3.63) is 0 Å². The molecule has 0 aliphatic carbocycles. The van der Waals surface area contributed by atoms with Crippen LogP contribution in [0.15, 0.2) is 0 Å². The van der Waals surface area contributed by atoms with Crippen LogP contribution in [0.3, 0.4) is 0 Å². The summed E-state index contributed by atoms with van der Waals surface area (Å²) in [4.78, 5) is 17.4. The first-order valence-corrected chi connectivity index (χ1v) is 5.47. The molecule has 0 aliphatic rings. The number of carbonyl (C=O) groups is 2. The van der Waals surface area contributed by atoms with Crippen LogP contribution in [0, 0.1) is 5.92 Å². The molecule has 0 spiro atoms. The highest BCUT2D eigenvalue weighted by atomic mass is 16.4. The van der Waals surface area contributed by atoms with E-state index < -0.39 is 5.97 Å². The number of carboxylic acid groups (broad SMARTS) is 2. The summed E-state index contributed by atoms with van der Waals surface area (Å²) in [5, 5.41) is 32.4. The monoisotopic (exact) mass is 252 g/mol. The molecule has 0 saturated carbocycles. The zero-order valence-electron chi connectivity index (χ0n) is 10.7. The third-order valence-electron chi connectivity index (χ3n) is 1.89. The largest absolute Gasteiger partial charge is 0.483 e. The molecular weight excluding hydrogens is 228 g/mol. The molecule has 0 rings (SSSR count). The highest BCUT2D eigenvalue weighted by Crippen LogP contribution is 2.11. The van der Waals surface area contributed by atoms with Crippen molar-refractivity contribution in [2.45, 2.75) is 46.1 Å². The minimum atomic E-state index is -0.833. The fourth-order valence-corrected chi connectivity index (χ4v) is 1.05. The smallest absolute Gasteiger partial charge is 0.300 e. The lowest BCUT2D eigenvalue weighted by Gasteiger charge is -2.17. The second kappa shape index (κ2) is 17.3. The van der Waals surface area contributed by atoms with Crippen molar-refractivity contribution < 1.29 is 30.0 Å². The molecule has 6 nitrogen and oxygen atoms in total. The molecule has 0 fully saturated rings. The predicted octanol–water partition coefficient (Wildman–Crippen LogP) is 0.958. The summed E-state index contributed by atoms with van der Waals surface area (Å²) in [6.45, 7) is 4.96. The van der Waals surface area contributed by atoms with Gasteiger partial charge in [0.05, 0.1) is 6.10 Å². The molecule has 0 heterocycles. The van der Waals surface area contributed by atoms with Gasteiger partial charge < -0.3 is 20.4 Å². The quantitative estimate of drug-likeness (QED) is 0.542. The van der Waals surface area contributed by atoms with Crippen molar-refractivity contribution >= 4 is 12.4 Å². The number of carboxylic acids is 1. The van der Waals surface area contributed by atoms with E-state index in [1.54, 1.807) is 0 Å². The zero-order valence-corrected chi connectivity index (χ0v) is 10.7. The molecule has 0 amide bonds. The third-order valence-corrected chi connectivity index (χ3v) is 1.89. The van der Waals surface area contributed by atoms with E-state index in [-0.39, 0.29) is 25.1 Å². The van der Waals surface area contributed by atoms with Crippen LogP contribution < -0.4 is 0 Å².